The molecule has 2 aliphatic heterocycles. The first kappa shape index (κ1) is 24.4. The van der Waals surface area contributed by atoms with Crippen molar-refractivity contribution in [2.24, 2.45) is 4.99 Å². The summed E-state index contributed by atoms with van der Waals surface area (Å²) in [4.78, 5) is 9.84. The second-order valence-corrected chi connectivity index (χ2v) is 7.87. The number of morpholine rings is 2. The number of hydrogen-bond donors (Lipinski definition) is 1. The van der Waals surface area contributed by atoms with Crippen molar-refractivity contribution in [1.82, 2.24) is 15.1 Å². The second kappa shape index (κ2) is 12.1. The summed E-state index contributed by atoms with van der Waals surface area (Å²) in [5.41, 5.74) is 2.56. The molecule has 2 aliphatic rings. The summed E-state index contributed by atoms with van der Waals surface area (Å²) in [5, 5.41) is 3.49. The van der Waals surface area contributed by atoms with Crippen molar-refractivity contribution < 1.29 is 9.47 Å². The van der Waals surface area contributed by atoms with Crippen LogP contribution in [0, 0.1) is 6.92 Å². The molecule has 3 atom stereocenters. The van der Waals surface area contributed by atoms with Crippen molar-refractivity contribution in [2.75, 3.05) is 52.5 Å². The molecule has 0 amide bonds. The molecule has 2 heterocycles. The maximum atomic E-state index is 6.09. The number of aliphatic imine (C=N–C) groups is 1. The van der Waals surface area contributed by atoms with Gasteiger partial charge < -0.3 is 19.7 Å². The molecule has 0 spiro atoms. The van der Waals surface area contributed by atoms with E-state index in [-0.39, 0.29) is 30.1 Å². The van der Waals surface area contributed by atoms with Gasteiger partial charge in [-0.3, -0.25) is 9.89 Å². The van der Waals surface area contributed by atoms with Gasteiger partial charge in [0, 0.05) is 31.7 Å². The molecule has 164 valence electrons. The van der Waals surface area contributed by atoms with E-state index in [1.165, 1.54) is 11.1 Å². The van der Waals surface area contributed by atoms with Crippen LogP contribution in [0.15, 0.2) is 29.3 Å². The summed E-state index contributed by atoms with van der Waals surface area (Å²) in [5.74, 6) is 0.997. The number of hydrogen-bond acceptors (Lipinski definition) is 4. The Hall–Kier alpha value is -0.900. The average Bonchev–Trinajstić information content (AvgIpc) is 2.71. The second-order valence-electron chi connectivity index (χ2n) is 7.87. The van der Waals surface area contributed by atoms with Crippen molar-refractivity contribution >= 4 is 29.9 Å². The molecule has 0 bridgehead atoms. The third-order valence-corrected chi connectivity index (χ3v) is 5.73. The van der Waals surface area contributed by atoms with Gasteiger partial charge in [0.15, 0.2) is 5.96 Å². The first-order chi connectivity index (χ1) is 13.6. The summed E-state index contributed by atoms with van der Waals surface area (Å²) in [6.07, 6.45) is 0.0931. The molecule has 29 heavy (non-hydrogen) atoms. The number of ether oxygens (including phenoxy) is 2. The minimum absolute atomic E-state index is 0. The summed E-state index contributed by atoms with van der Waals surface area (Å²) in [7, 11) is 0. The van der Waals surface area contributed by atoms with E-state index in [4.69, 9.17) is 14.5 Å². The SMILES string of the molecule is CCNC(=NCC(C)N1CCOCC1C)N1CCOC(c2ccccc2C)C1.I. The standard InChI is InChI=1S/C22H36N4O2.HI/c1-5-23-22(24-14-18(3)26-11-12-27-16-19(26)4)25-10-13-28-21(15-25)20-9-7-6-8-17(20)2;/h6-9,18-19,21H,5,10-16H2,1-4H3,(H,23,24);1H. The largest absolute Gasteiger partial charge is 0.379 e. The fourth-order valence-electron chi connectivity index (χ4n) is 4.12. The Bertz CT molecular complexity index is 657. The Morgan fingerprint density at radius 3 is 2.79 bits per heavy atom. The van der Waals surface area contributed by atoms with Crippen LogP contribution in [0.4, 0.5) is 0 Å². The van der Waals surface area contributed by atoms with Crippen molar-refractivity contribution in [3.8, 4) is 0 Å². The highest BCUT2D eigenvalue weighted by atomic mass is 127. The Balaban J connectivity index is 0.00000300. The molecular weight excluding hydrogens is 479 g/mol. The van der Waals surface area contributed by atoms with E-state index in [1.807, 2.05) is 0 Å². The molecule has 3 rings (SSSR count). The van der Waals surface area contributed by atoms with Gasteiger partial charge in [-0.05, 0) is 38.8 Å². The van der Waals surface area contributed by atoms with Gasteiger partial charge in [-0.25, -0.2) is 0 Å². The van der Waals surface area contributed by atoms with Crippen LogP contribution in [0.1, 0.15) is 38.0 Å². The van der Waals surface area contributed by atoms with Crippen molar-refractivity contribution in [3.63, 3.8) is 0 Å². The number of nitrogens with one attached hydrogen (secondary N) is 1. The lowest BCUT2D eigenvalue weighted by Crippen LogP contribution is -2.51. The Morgan fingerprint density at radius 2 is 2.07 bits per heavy atom. The molecule has 1 N–H and O–H groups in total. The monoisotopic (exact) mass is 516 g/mol. The Labute approximate surface area is 193 Å². The van der Waals surface area contributed by atoms with Crippen LogP contribution >= 0.6 is 24.0 Å². The van der Waals surface area contributed by atoms with Crippen LogP contribution in [0.5, 0.6) is 0 Å². The topological polar surface area (TPSA) is 49.3 Å². The lowest BCUT2D eigenvalue weighted by atomic mass is 10.0. The first-order valence-electron chi connectivity index (χ1n) is 10.6. The van der Waals surface area contributed by atoms with Crippen LogP contribution in [0.3, 0.4) is 0 Å². The number of halogens is 1. The quantitative estimate of drug-likeness (QED) is 0.371. The third-order valence-electron chi connectivity index (χ3n) is 5.73. The van der Waals surface area contributed by atoms with Gasteiger partial charge in [0.2, 0.25) is 0 Å². The van der Waals surface area contributed by atoms with Crippen LogP contribution in [0.25, 0.3) is 0 Å². The molecule has 0 aliphatic carbocycles. The first-order valence-corrected chi connectivity index (χ1v) is 10.6. The van der Waals surface area contributed by atoms with Crippen LogP contribution in [-0.2, 0) is 9.47 Å². The van der Waals surface area contributed by atoms with Gasteiger partial charge in [-0.2, -0.15) is 0 Å². The fourth-order valence-corrected chi connectivity index (χ4v) is 4.12. The zero-order chi connectivity index (χ0) is 19.9. The number of rotatable bonds is 5. The summed E-state index contributed by atoms with van der Waals surface area (Å²) < 4.78 is 11.7. The Morgan fingerprint density at radius 1 is 1.28 bits per heavy atom. The van der Waals surface area contributed by atoms with Crippen molar-refractivity contribution in [3.05, 3.63) is 35.4 Å². The van der Waals surface area contributed by atoms with Crippen LogP contribution in [0.2, 0.25) is 0 Å². The summed E-state index contributed by atoms with van der Waals surface area (Å²) in [6, 6.07) is 9.36. The highest BCUT2D eigenvalue weighted by molar-refractivity contribution is 14.0. The van der Waals surface area contributed by atoms with Crippen molar-refractivity contribution in [1.29, 1.82) is 0 Å². The van der Waals surface area contributed by atoms with Gasteiger partial charge >= 0.3 is 0 Å². The molecule has 1 aromatic carbocycles. The maximum absolute atomic E-state index is 6.09. The number of guanidine groups is 1. The molecule has 3 unspecified atom stereocenters. The lowest BCUT2D eigenvalue weighted by molar-refractivity contribution is -0.0170. The molecule has 0 aromatic heterocycles. The number of aryl methyl sites for hydroxylation is 1. The van der Waals surface area contributed by atoms with Crippen molar-refractivity contribution in [2.45, 2.75) is 45.9 Å². The highest BCUT2D eigenvalue weighted by Gasteiger charge is 2.26. The molecule has 0 radical (unpaired) electrons. The zero-order valence-electron chi connectivity index (χ0n) is 18.3. The number of benzene rings is 1. The fraction of sp³-hybridized carbons (Fsp3) is 0.682. The Kier molecular flexibility index (Phi) is 10.1. The van der Waals surface area contributed by atoms with E-state index in [1.54, 1.807) is 0 Å². The van der Waals surface area contributed by atoms with Gasteiger partial charge in [0.1, 0.15) is 6.10 Å². The van der Waals surface area contributed by atoms with E-state index in [0.29, 0.717) is 12.1 Å². The minimum Gasteiger partial charge on any atom is -0.379 e. The summed E-state index contributed by atoms with van der Waals surface area (Å²) >= 11 is 0. The predicted molar refractivity (Wildman–Crippen MR) is 129 cm³/mol. The molecular formula is C22H37IN4O2. The van der Waals surface area contributed by atoms with E-state index < -0.39 is 0 Å². The summed E-state index contributed by atoms with van der Waals surface area (Å²) in [6.45, 7) is 15.5. The maximum Gasteiger partial charge on any atom is 0.194 e. The smallest absolute Gasteiger partial charge is 0.194 e. The van der Waals surface area contributed by atoms with Gasteiger partial charge in [-0.15, -0.1) is 24.0 Å². The third kappa shape index (κ3) is 6.54. The minimum atomic E-state index is 0. The van der Waals surface area contributed by atoms with E-state index >= 15 is 0 Å². The normalized spacial score (nSPS) is 24.7. The van der Waals surface area contributed by atoms with Gasteiger partial charge in [0.05, 0.1) is 32.9 Å². The van der Waals surface area contributed by atoms with Crippen LogP contribution < -0.4 is 5.32 Å². The van der Waals surface area contributed by atoms with E-state index in [9.17, 15) is 0 Å². The molecule has 2 saturated heterocycles. The predicted octanol–water partition coefficient (Wildman–Crippen LogP) is 3.06. The molecule has 2 fully saturated rings. The average molecular weight is 516 g/mol. The van der Waals surface area contributed by atoms with Gasteiger partial charge in [0.25, 0.3) is 0 Å². The lowest BCUT2D eigenvalue weighted by Gasteiger charge is -2.38. The molecule has 1 aromatic rings. The van der Waals surface area contributed by atoms with Gasteiger partial charge in [-0.1, -0.05) is 24.3 Å². The van der Waals surface area contributed by atoms with Crippen LogP contribution in [-0.4, -0.2) is 80.4 Å². The molecule has 0 saturated carbocycles. The van der Waals surface area contributed by atoms with E-state index in [0.717, 1.165) is 58.5 Å². The highest BCUT2D eigenvalue weighted by Crippen LogP contribution is 2.25. The molecule has 6 nitrogen and oxygen atoms in total. The number of nitrogens with zero attached hydrogens (tertiary/aromatic N) is 3. The van der Waals surface area contributed by atoms with E-state index in [2.05, 4.69) is 67.1 Å². The molecule has 7 heteroatoms. The zero-order valence-corrected chi connectivity index (χ0v) is 20.6.